The van der Waals surface area contributed by atoms with Gasteiger partial charge in [-0.05, 0) is 80.7 Å². The van der Waals surface area contributed by atoms with Gasteiger partial charge in [-0.1, -0.05) is 55.7 Å². The van der Waals surface area contributed by atoms with E-state index >= 15 is 0 Å². The van der Waals surface area contributed by atoms with E-state index < -0.39 is 11.7 Å². The highest BCUT2D eigenvalue weighted by molar-refractivity contribution is 5.85. The van der Waals surface area contributed by atoms with Crippen molar-refractivity contribution in [2.24, 2.45) is 11.7 Å². The first-order chi connectivity index (χ1) is 17.9. The van der Waals surface area contributed by atoms with Crippen LogP contribution in [0, 0.1) is 5.92 Å². The predicted molar refractivity (Wildman–Crippen MR) is 152 cm³/mol. The number of hydrogen-bond acceptors (Lipinski definition) is 2. The van der Waals surface area contributed by atoms with Crippen LogP contribution < -0.4 is 11.1 Å². The Bertz CT molecular complexity index is 1160. The Hall–Kier alpha value is -2.02. The molecule has 0 radical (unpaired) electrons. The molecule has 2 saturated carbocycles. The number of nitrogens with one attached hydrogen (secondary N) is 1. The normalized spacial score (nSPS) is 21.8. The maximum Gasteiger partial charge on any atom is 0.416 e. The number of benzene rings is 2. The van der Waals surface area contributed by atoms with Gasteiger partial charge in [0.25, 0.3) is 0 Å². The molecule has 2 aromatic carbocycles. The molecule has 1 unspecified atom stereocenters. The van der Waals surface area contributed by atoms with Crippen LogP contribution in [-0.2, 0) is 12.7 Å². The van der Waals surface area contributed by atoms with Gasteiger partial charge in [-0.2, -0.15) is 13.2 Å². The molecule has 208 valence electrons. The largest absolute Gasteiger partial charge is 0.416 e. The molecule has 0 spiro atoms. The van der Waals surface area contributed by atoms with E-state index in [0.717, 1.165) is 61.7 Å². The highest BCUT2D eigenvalue weighted by Crippen LogP contribution is 2.38. The summed E-state index contributed by atoms with van der Waals surface area (Å²) in [5, 5.41) is 4.85. The topological polar surface area (TPSA) is 43.0 Å². The molecule has 3 N–H and O–H groups in total. The number of halogens is 4. The fraction of sp³-hybridized carbons (Fsp3) is 0.548. The highest BCUT2D eigenvalue weighted by Gasteiger charge is 2.32. The molecule has 38 heavy (non-hydrogen) atoms. The summed E-state index contributed by atoms with van der Waals surface area (Å²) in [5.74, 6) is 0.557. The maximum atomic E-state index is 13.7. The number of nitrogens with two attached hydrogens (primary N) is 1. The zero-order valence-corrected chi connectivity index (χ0v) is 22.9. The lowest BCUT2D eigenvalue weighted by Crippen LogP contribution is -2.38. The Kier molecular flexibility index (Phi) is 9.83. The molecule has 7 heteroatoms. The zero-order chi connectivity index (χ0) is 25.8. The minimum atomic E-state index is -4.35. The lowest BCUT2D eigenvalue weighted by molar-refractivity contribution is -0.137. The van der Waals surface area contributed by atoms with Crippen molar-refractivity contribution in [2.45, 2.75) is 94.9 Å². The SMILES string of the molecule is Cl.NC1CCC(NCCC(c2cccc(C(F)(F)F)c2)c2cn(CC3CCCCC3)c3ccccc23)CC1. The second kappa shape index (κ2) is 12.9. The third-order valence-electron chi connectivity index (χ3n) is 8.63. The summed E-state index contributed by atoms with van der Waals surface area (Å²) in [4.78, 5) is 0. The number of alkyl halides is 3. The quantitative estimate of drug-likeness (QED) is 0.299. The van der Waals surface area contributed by atoms with Gasteiger partial charge in [0.05, 0.1) is 5.56 Å². The van der Waals surface area contributed by atoms with Gasteiger partial charge in [0.15, 0.2) is 0 Å². The summed E-state index contributed by atoms with van der Waals surface area (Å²) in [7, 11) is 0. The molecule has 3 nitrogen and oxygen atoms in total. The van der Waals surface area contributed by atoms with Crippen LogP contribution in [-0.4, -0.2) is 23.2 Å². The molecular formula is C31H41ClF3N3. The molecule has 2 fully saturated rings. The average molecular weight is 548 g/mol. The van der Waals surface area contributed by atoms with Crippen molar-refractivity contribution in [3.8, 4) is 0 Å². The molecule has 0 saturated heterocycles. The summed E-state index contributed by atoms with van der Waals surface area (Å²) < 4.78 is 43.3. The molecule has 2 aliphatic rings. The fourth-order valence-corrected chi connectivity index (χ4v) is 6.54. The summed E-state index contributed by atoms with van der Waals surface area (Å²) in [6.45, 7) is 1.75. The molecule has 5 rings (SSSR count). The lowest BCUT2D eigenvalue weighted by Gasteiger charge is -2.28. The van der Waals surface area contributed by atoms with Crippen LogP contribution in [0.2, 0.25) is 0 Å². The van der Waals surface area contributed by atoms with Crippen LogP contribution in [0.3, 0.4) is 0 Å². The number of rotatable bonds is 8. The average Bonchev–Trinajstić information content (AvgIpc) is 3.26. The smallest absolute Gasteiger partial charge is 0.347 e. The van der Waals surface area contributed by atoms with E-state index in [0.29, 0.717) is 18.0 Å². The summed E-state index contributed by atoms with van der Waals surface area (Å²) >= 11 is 0. The van der Waals surface area contributed by atoms with Gasteiger partial charge in [0, 0.05) is 41.6 Å². The molecule has 0 amide bonds. The number of nitrogens with zero attached hydrogens (tertiary/aromatic N) is 1. The molecule has 1 heterocycles. The van der Waals surface area contributed by atoms with Crippen LogP contribution in [0.25, 0.3) is 10.9 Å². The first kappa shape index (κ1) is 29.0. The maximum absolute atomic E-state index is 13.7. The Morgan fingerprint density at radius 3 is 2.39 bits per heavy atom. The van der Waals surface area contributed by atoms with E-state index in [-0.39, 0.29) is 18.3 Å². The van der Waals surface area contributed by atoms with E-state index in [1.54, 1.807) is 6.07 Å². The number of para-hydroxylation sites is 1. The van der Waals surface area contributed by atoms with Crippen LogP contribution in [0.1, 0.15) is 86.8 Å². The van der Waals surface area contributed by atoms with E-state index in [2.05, 4.69) is 34.3 Å². The van der Waals surface area contributed by atoms with E-state index in [9.17, 15) is 13.2 Å². The van der Waals surface area contributed by atoms with Crippen molar-refractivity contribution in [3.05, 3.63) is 71.4 Å². The first-order valence-electron chi connectivity index (χ1n) is 14.1. The fourth-order valence-electron chi connectivity index (χ4n) is 6.54. The number of fused-ring (bicyclic) bond motifs is 1. The van der Waals surface area contributed by atoms with Crippen molar-refractivity contribution in [1.82, 2.24) is 9.88 Å². The van der Waals surface area contributed by atoms with Gasteiger partial charge in [0.1, 0.15) is 0 Å². The third-order valence-corrected chi connectivity index (χ3v) is 8.63. The van der Waals surface area contributed by atoms with Crippen molar-refractivity contribution in [1.29, 1.82) is 0 Å². The van der Waals surface area contributed by atoms with Gasteiger partial charge in [0.2, 0.25) is 0 Å². The van der Waals surface area contributed by atoms with Crippen molar-refractivity contribution >= 4 is 23.3 Å². The van der Waals surface area contributed by atoms with E-state index in [1.165, 1.54) is 49.8 Å². The van der Waals surface area contributed by atoms with Crippen molar-refractivity contribution < 1.29 is 13.2 Å². The monoisotopic (exact) mass is 547 g/mol. The van der Waals surface area contributed by atoms with E-state index in [4.69, 9.17) is 5.73 Å². The minimum absolute atomic E-state index is 0. The summed E-state index contributed by atoms with van der Waals surface area (Å²) in [6.07, 6.45) is 9.26. The molecular weight excluding hydrogens is 507 g/mol. The molecule has 0 bridgehead atoms. The molecule has 2 aliphatic carbocycles. The Morgan fingerprint density at radius 2 is 1.66 bits per heavy atom. The lowest BCUT2D eigenvalue weighted by atomic mass is 9.87. The third kappa shape index (κ3) is 6.94. The molecule has 0 aliphatic heterocycles. The second-order valence-corrected chi connectivity index (χ2v) is 11.3. The Morgan fingerprint density at radius 1 is 0.921 bits per heavy atom. The summed E-state index contributed by atoms with van der Waals surface area (Å²) in [5.41, 5.74) is 8.57. The van der Waals surface area contributed by atoms with Gasteiger partial charge in [-0.3, -0.25) is 0 Å². The Balaban J connectivity index is 0.00000336. The number of aromatic nitrogens is 1. The van der Waals surface area contributed by atoms with Crippen LogP contribution in [0.5, 0.6) is 0 Å². The summed E-state index contributed by atoms with van der Waals surface area (Å²) in [6, 6.07) is 15.1. The van der Waals surface area contributed by atoms with Gasteiger partial charge >= 0.3 is 6.18 Å². The predicted octanol–water partition coefficient (Wildman–Crippen LogP) is 8.04. The van der Waals surface area contributed by atoms with Crippen LogP contribution in [0.4, 0.5) is 13.2 Å². The van der Waals surface area contributed by atoms with E-state index in [1.807, 2.05) is 12.1 Å². The zero-order valence-electron chi connectivity index (χ0n) is 22.1. The molecule has 1 atom stereocenters. The van der Waals surface area contributed by atoms with Gasteiger partial charge < -0.3 is 15.6 Å². The first-order valence-corrected chi connectivity index (χ1v) is 14.1. The second-order valence-electron chi connectivity index (χ2n) is 11.3. The number of hydrogen-bond donors (Lipinski definition) is 2. The standard InChI is InChI=1S/C31H40F3N3.ClH/c32-31(33,34)24-10-6-9-23(19-24)27(17-18-36-26-15-13-25(35)14-16-26)29-21-37(20-22-7-2-1-3-8-22)30-12-5-4-11-28(29)30;/h4-6,9-12,19,21-22,25-27,36H,1-3,7-8,13-18,20,35H2;1H. The minimum Gasteiger partial charge on any atom is -0.347 e. The van der Waals surface area contributed by atoms with Crippen LogP contribution >= 0.6 is 12.4 Å². The highest BCUT2D eigenvalue weighted by atomic mass is 35.5. The molecule has 3 aromatic rings. The van der Waals surface area contributed by atoms with Crippen LogP contribution in [0.15, 0.2) is 54.7 Å². The van der Waals surface area contributed by atoms with Crippen molar-refractivity contribution in [3.63, 3.8) is 0 Å². The van der Waals surface area contributed by atoms with Gasteiger partial charge in [-0.15, -0.1) is 12.4 Å². The Labute approximate surface area is 230 Å². The van der Waals surface area contributed by atoms with Crippen molar-refractivity contribution in [2.75, 3.05) is 6.54 Å². The van der Waals surface area contributed by atoms with Gasteiger partial charge in [-0.25, -0.2) is 0 Å². The molecule has 1 aromatic heterocycles.